The Morgan fingerprint density at radius 1 is 1.28 bits per heavy atom. The number of hydrogen-bond acceptors (Lipinski definition) is 5. The summed E-state index contributed by atoms with van der Waals surface area (Å²) in [6.07, 6.45) is 3.69. The van der Waals surface area contributed by atoms with Crippen molar-refractivity contribution in [3.8, 4) is 17.2 Å². The Hall–Kier alpha value is -2.99. The Bertz CT molecular complexity index is 1070. The fourth-order valence-electron chi connectivity index (χ4n) is 3.43. The maximum absolute atomic E-state index is 12.6. The number of unbranched alkanes of at least 4 members (excludes halogenated alkanes) is 1. The third-order valence-corrected chi connectivity index (χ3v) is 5.26. The van der Waals surface area contributed by atoms with E-state index in [1.807, 2.05) is 19.1 Å². The van der Waals surface area contributed by atoms with Crippen molar-refractivity contribution in [3.05, 3.63) is 58.7 Å². The number of rotatable bonds is 6. The van der Waals surface area contributed by atoms with E-state index in [2.05, 4.69) is 10.3 Å². The Kier molecular flexibility index (Phi) is 5.45. The van der Waals surface area contributed by atoms with Gasteiger partial charge in [-0.3, -0.25) is 9.78 Å². The average Bonchev–Trinajstić information content (AvgIpc) is 3.21. The van der Waals surface area contributed by atoms with Gasteiger partial charge in [0.15, 0.2) is 11.5 Å². The van der Waals surface area contributed by atoms with Gasteiger partial charge in [-0.05, 0) is 42.3 Å². The van der Waals surface area contributed by atoms with Crippen molar-refractivity contribution in [3.63, 3.8) is 0 Å². The number of benzene rings is 2. The molecule has 1 aromatic heterocycles. The molecular formula is C22H21ClN2O4. The van der Waals surface area contributed by atoms with Crippen LogP contribution in [0.4, 0.5) is 0 Å². The zero-order valence-electron chi connectivity index (χ0n) is 15.9. The van der Waals surface area contributed by atoms with E-state index in [0.29, 0.717) is 39.4 Å². The molecule has 7 heteroatoms. The topological polar surface area (TPSA) is 80.7 Å². The summed E-state index contributed by atoms with van der Waals surface area (Å²) in [6.45, 7) is 2.19. The Morgan fingerprint density at radius 2 is 2.10 bits per heavy atom. The number of ether oxygens (including phenoxy) is 2. The minimum Gasteiger partial charge on any atom is -0.505 e. The summed E-state index contributed by atoms with van der Waals surface area (Å²) in [6, 6.07) is 10.1. The lowest BCUT2D eigenvalue weighted by Crippen LogP contribution is -2.29. The molecule has 1 amide bonds. The molecule has 2 heterocycles. The molecule has 1 aliphatic rings. The number of hydrogen-bond donors (Lipinski definition) is 2. The number of fused-ring (bicyclic) bond motifs is 2. The molecule has 0 saturated heterocycles. The first-order valence-corrected chi connectivity index (χ1v) is 9.91. The molecule has 6 nitrogen and oxygen atoms in total. The number of nitrogens with zero attached hydrogens (tertiary/aromatic N) is 1. The molecule has 0 radical (unpaired) electrons. The number of halogens is 1. The van der Waals surface area contributed by atoms with Crippen molar-refractivity contribution < 1.29 is 19.4 Å². The molecule has 2 aromatic carbocycles. The van der Waals surface area contributed by atoms with Crippen LogP contribution in [0.25, 0.3) is 10.9 Å². The third-order valence-electron chi connectivity index (χ3n) is 4.95. The SMILES string of the molecule is CCCCC(=O)N[C@@H](c1ccc2c(c1)OCO2)c1cc(Cl)c2cccnc2c1O. The van der Waals surface area contributed by atoms with E-state index in [4.69, 9.17) is 21.1 Å². The standard InChI is InChI=1S/C22H21ClN2O4/c1-2-3-6-19(26)25-20(13-7-8-17-18(10-13)29-12-28-17)15-11-16(23)14-5-4-9-24-21(14)22(15)27/h4-5,7-11,20,27H,2-3,6,12H2,1H3,(H,25,26)/t20-/m0/s1. The smallest absolute Gasteiger partial charge is 0.231 e. The largest absolute Gasteiger partial charge is 0.505 e. The van der Waals surface area contributed by atoms with E-state index < -0.39 is 6.04 Å². The van der Waals surface area contributed by atoms with Crippen LogP contribution in [0.1, 0.15) is 43.4 Å². The molecule has 0 aliphatic carbocycles. The Balaban J connectivity index is 1.81. The van der Waals surface area contributed by atoms with Crippen LogP contribution in [0.3, 0.4) is 0 Å². The monoisotopic (exact) mass is 412 g/mol. The van der Waals surface area contributed by atoms with E-state index in [9.17, 15) is 9.90 Å². The first-order valence-electron chi connectivity index (χ1n) is 9.53. The summed E-state index contributed by atoms with van der Waals surface area (Å²) in [7, 11) is 0. The van der Waals surface area contributed by atoms with Gasteiger partial charge in [-0.2, -0.15) is 0 Å². The lowest BCUT2D eigenvalue weighted by Gasteiger charge is -2.22. The van der Waals surface area contributed by atoms with Crippen LogP contribution >= 0.6 is 11.6 Å². The summed E-state index contributed by atoms with van der Waals surface area (Å²) >= 11 is 6.47. The van der Waals surface area contributed by atoms with Crippen LogP contribution in [0.2, 0.25) is 5.02 Å². The highest BCUT2D eigenvalue weighted by Crippen LogP contribution is 2.41. The molecule has 0 saturated carbocycles. The second-order valence-corrected chi connectivity index (χ2v) is 7.32. The van der Waals surface area contributed by atoms with Gasteiger partial charge in [0.05, 0.1) is 11.1 Å². The lowest BCUT2D eigenvalue weighted by atomic mass is 9.95. The molecular weight excluding hydrogens is 392 g/mol. The van der Waals surface area contributed by atoms with Crippen LogP contribution in [0.15, 0.2) is 42.6 Å². The van der Waals surface area contributed by atoms with E-state index in [-0.39, 0.29) is 18.4 Å². The fourth-order valence-corrected chi connectivity index (χ4v) is 3.70. The minimum absolute atomic E-state index is 0.0107. The molecule has 2 N–H and O–H groups in total. The van der Waals surface area contributed by atoms with Crippen molar-refractivity contribution in [2.24, 2.45) is 0 Å². The van der Waals surface area contributed by atoms with E-state index in [1.54, 1.807) is 30.5 Å². The van der Waals surface area contributed by atoms with Crippen molar-refractivity contribution >= 4 is 28.4 Å². The predicted molar refractivity (Wildman–Crippen MR) is 110 cm³/mol. The van der Waals surface area contributed by atoms with Gasteiger partial charge >= 0.3 is 0 Å². The second-order valence-electron chi connectivity index (χ2n) is 6.91. The molecule has 1 aliphatic heterocycles. The zero-order chi connectivity index (χ0) is 20.4. The number of aromatic nitrogens is 1. The maximum atomic E-state index is 12.6. The average molecular weight is 413 g/mol. The maximum Gasteiger partial charge on any atom is 0.231 e. The van der Waals surface area contributed by atoms with Crippen LogP contribution in [0.5, 0.6) is 17.2 Å². The van der Waals surface area contributed by atoms with E-state index in [0.717, 1.165) is 18.4 Å². The number of phenolic OH excluding ortho intramolecular Hbond substituents is 1. The fraction of sp³-hybridized carbons (Fsp3) is 0.273. The van der Waals surface area contributed by atoms with Crippen LogP contribution in [-0.2, 0) is 4.79 Å². The van der Waals surface area contributed by atoms with Crippen molar-refractivity contribution in [2.75, 3.05) is 6.79 Å². The number of phenols is 1. The summed E-state index contributed by atoms with van der Waals surface area (Å²) in [5, 5.41) is 15.1. The van der Waals surface area contributed by atoms with Crippen molar-refractivity contribution in [1.29, 1.82) is 0 Å². The van der Waals surface area contributed by atoms with Crippen molar-refractivity contribution in [1.82, 2.24) is 10.3 Å². The Morgan fingerprint density at radius 3 is 2.93 bits per heavy atom. The number of amides is 1. The second kappa shape index (κ2) is 8.17. The Labute approximate surface area is 173 Å². The first-order chi connectivity index (χ1) is 14.1. The van der Waals surface area contributed by atoms with Crippen LogP contribution < -0.4 is 14.8 Å². The van der Waals surface area contributed by atoms with Gasteiger partial charge in [-0.15, -0.1) is 0 Å². The highest BCUT2D eigenvalue weighted by atomic mass is 35.5. The molecule has 3 aromatic rings. The molecule has 0 bridgehead atoms. The molecule has 29 heavy (non-hydrogen) atoms. The van der Waals surface area contributed by atoms with Gasteiger partial charge in [-0.1, -0.05) is 31.0 Å². The normalized spacial score (nSPS) is 13.4. The molecule has 0 fully saturated rings. The molecule has 0 spiro atoms. The molecule has 150 valence electrons. The highest BCUT2D eigenvalue weighted by molar-refractivity contribution is 6.35. The lowest BCUT2D eigenvalue weighted by molar-refractivity contribution is -0.121. The van der Waals surface area contributed by atoms with Crippen LogP contribution in [-0.4, -0.2) is 22.8 Å². The highest BCUT2D eigenvalue weighted by Gasteiger charge is 2.25. The summed E-state index contributed by atoms with van der Waals surface area (Å²) < 4.78 is 10.9. The van der Waals surface area contributed by atoms with Gasteiger partial charge in [0, 0.05) is 23.6 Å². The number of aromatic hydroxyl groups is 1. The van der Waals surface area contributed by atoms with Crippen molar-refractivity contribution in [2.45, 2.75) is 32.2 Å². The van der Waals surface area contributed by atoms with Gasteiger partial charge in [0.25, 0.3) is 0 Å². The summed E-state index contributed by atoms with van der Waals surface area (Å²) in [5.74, 6) is 1.13. The summed E-state index contributed by atoms with van der Waals surface area (Å²) in [5.41, 5.74) is 1.62. The quantitative estimate of drug-likeness (QED) is 0.612. The number of carbonyl (C=O) groups is 1. The zero-order valence-corrected chi connectivity index (χ0v) is 16.7. The third kappa shape index (κ3) is 3.80. The van der Waals surface area contributed by atoms with Gasteiger partial charge in [0.2, 0.25) is 12.7 Å². The predicted octanol–water partition coefficient (Wildman–Crippen LogP) is 4.72. The molecule has 0 unspecified atom stereocenters. The number of nitrogens with one attached hydrogen (secondary N) is 1. The van der Waals surface area contributed by atoms with E-state index >= 15 is 0 Å². The van der Waals surface area contributed by atoms with E-state index in [1.165, 1.54) is 0 Å². The van der Waals surface area contributed by atoms with Gasteiger partial charge < -0.3 is 19.9 Å². The summed E-state index contributed by atoms with van der Waals surface area (Å²) in [4.78, 5) is 16.8. The molecule has 4 rings (SSSR count). The van der Waals surface area contributed by atoms with Crippen LogP contribution in [0, 0.1) is 0 Å². The minimum atomic E-state index is -0.613. The van der Waals surface area contributed by atoms with Gasteiger partial charge in [-0.25, -0.2) is 0 Å². The van der Waals surface area contributed by atoms with Gasteiger partial charge in [0.1, 0.15) is 11.3 Å². The number of pyridine rings is 1. The molecule has 1 atom stereocenters. The number of carbonyl (C=O) groups excluding carboxylic acids is 1. The first kappa shape index (κ1) is 19.3.